The van der Waals surface area contributed by atoms with Crippen molar-refractivity contribution >= 4 is 0 Å². The normalized spacial score (nSPS) is 24.5. The van der Waals surface area contributed by atoms with Gasteiger partial charge in [-0.3, -0.25) is 0 Å². The van der Waals surface area contributed by atoms with Gasteiger partial charge in [0.05, 0.1) is 5.60 Å². The lowest BCUT2D eigenvalue weighted by molar-refractivity contribution is -0.0250. The third-order valence-corrected chi connectivity index (χ3v) is 3.93. The van der Waals surface area contributed by atoms with Gasteiger partial charge in [-0.05, 0) is 37.0 Å². The van der Waals surface area contributed by atoms with E-state index in [0.29, 0.717) is 11.3 Å². The zero-order valence-electron chi connectivity index (χ0n) is 11.9. The van der Waals surface area contributed by atoms with Crippen LogP contribution >= 0.6 is 0 Å². The summed E-state index contributed by atoms with van der Waals surface area (Å²) in [5.74, 6) is 0.503. The number of nitrogens with one attached hydrogen (secondary N) is 1. The maximum Gasteiger partial charge on any atom is 0.0772 e. The van der Waals surface area contributed by atoms with Gasteiger partial charge in [-0.25, -0.2) is 0 Å². The number of hydrogen-bond donors (Lipinski definition) is 2. The quantitative estimate of drug-likeness (QED) is 0.751. The Bertz CT molecular complexity index is 218. The fraction of sp³-hybridized carbons (Fsp3) is 1.00. The third kappa shape index (κ3) is 5.36. The summed E-state index contributed by atoms with van der Waals surface area (Å²) in [5, 5.41) is 13.8. The second-order valence-electron chi connectivity index (χ2n) is 6.58. The molecule has 0 aromatic carbocycles. The largest absolute Gasteiger partial charge is 0.389 e. The van der Waals surface area contributed by atoms with Crippen LogP contribution in [0.5, 0.6) is 0 Å². The summed E-state index contributed by atoms with van der Waals surface area (Å²) in [6, 6.07) is 0. The highest BCUT2D eigenvalue weighted by molar-refractivity contribution is 4.90. The fourth-order valence-corrected chi connectivity index (χ4v) is 2.46. The first-order chi connectivity index (χ1) is 7.87. The molecule has 102 valence electrons. The third-order valence-electron chi connectivity index (χ3n) is 3.93. The van der Waals surface area contributed by atoms with Crippen LogP contribution in [0.25, 0.3) is 0 Å². The van der Waals surface area contributed by atoms with E-state index < -0.39 is 5.60 Å². The van der Waals surface area contributed by atoms with E-state index in [-0.39, 0.29) is 0 Å². The van der Waals surface area contributed by atoms with Gasteiger partial charge in [0.15, 0.2) is 0 Å². The Morgan fingerprint density at radius 1 is 1.24 bits per heavy atom. The minimum absolute atomic E-state index is 0.412. The second kappa shape index (κ2) is 6.17. The highest BCUT2D eigenvalue weighted by Gasteiger charge is 2.36. The molecule has 0 aromatic heterocycles. The van der Waals surface area contributed by atoms with E-state index in [0.717, 1.165) is 45.4 Å². The lowest BCUT2D eigenvalue weighted by atomic mass is 9.71. The molecule has 1 rings (SSSR count). The summed E-state index contributed by atoms with van der Waals surface area (Å²) in [7, 11) is 1.73. The van der Waals surface area contributed by atoms with E-state index in [1.165, 1.54) is 0 Å². The number of aliphatic hydroxyl groups is 1. The van der Waals surface area contributed by atoms with Crippen LogP contribution in [0, 0.1) is 11.3 Å². The minimum atomic E-state index is -0.484. The van der Waals surface area contributed by atoms with Gasteiger partial charge >= 0.3 is 0 Å². The molecule has 1 aliphatic carbocycles. The number of methoxy groups -OCH3 is 1. The fourth-order valence-electron chi connectivity index (χ4n) is 2.46. The maximum atomic E-state index is 10.5. The van der Waals surface area contributed by atoms with E-state index in [1.807, 2.05) is 0 Å². The van der Waals surface area contributed by atoms with E-state index in [1.54, 1.807) is 7.11 Å². The molecule has 0 heterocycles. The molecular formula is C14H29NO2. The molecule has 1 aliphatic rings. The molecule has 0 spiro atoms. The van der Waals surface area contributed by atoms with Crippen molar-refractivity contribution in [3.8, 4) is 0 Å². The van der Waals surface area contributed by atoms with E-state index >= 15 is 0 Å². The van der Waals surface area contributed by atoms with E-state index in [2.05, 4.69) is 26.1 Å². The monoisotopic (exact) mass is 243 g/mol. The van der Waals surface area contributed by atoms with Crippen LogP contribution in [-0.4, -0.2) is 37.5 Å². The molecule has 3 heteroatoms. The standard InChI is InChI=1S/C14H29NO2/c1-12(10-17-4)9-15-11-14(16)7-5-13(2,3)6-8-14/h12,15-16H,5-11H2,1-4H3. The lowest BCUT2D eigenvalue weighted by Gasteiger charge is -2.40. The van der Waals surface area contributed by atoms with Crippen molar-refractivity contribution in [3.63, 3.8) is 0 Å². The van der Waals surface area contributed by atoms with E-state index in [4.69, 9.17) is 4.74 Å². The molecule has 3 nitrogen and oxygen atoms in total. The zero-order valence-corrected chi connectivity index (χ0v) is 11.9. The molecule has 0 bridgehead atoms. The van der Waals surface area contributed by atoms with Gasteiger partial charge < -0.3 is 15.2 Å². The average molecular weight is 243 g/mol. The van der Waals surface area contributed by atoms with Crippen LogP contribution in [0.2, 0.25) is 0 Å². The topological polar surface area (TPSA) is 41.5 Å². The molecule has 2 N–H and O–H groups in total. The molecule has 0 saturated heterocycles. The Labute approximate surface area is 106 Å². The SMILES string of the molecule is COCC(C)CNCC1(O)CCC(C)(C)CC1. The summed E-state index contributed by atoms with van der Waals surface area (Å²) in [6.07, 6.45) is 4.09. The zero-order chi connectivity index (χ0) is 12.9. The predicted octanol–water partition coefficient (Wildman–Crippen LogP) is 2.19. The van der Waals surface area contributed by atoms with Crippen molar-refractivity contribution in [1.29, 1.82) is 0 Å². The second-order valence-corrected chi connectivity index (χ2v) is 6.58. The minimum Gasteiger partial charge on any atom is -0.389 e. The molecular weight excluding hydrogens is 214 g/mol. The highest BCUT2D eigenvalue weighted by Crippen LogP contribution is 2.39. The Kier molecular flexibility index (Phi) is 5.42. The summed E-state index contributed by atoms with van der Waals surface area (Å²) in [4.78, 5) is 0. The molecule has 0 radical (unpaired) electrons. The first-order valence-corrected chi connectivity index (χ1v) is 6.79. The molecule has 0 aliphatic heterocycles. The van der Waals surface area contributed by atoms with Gasteiger partial charge in [0.2, 0.25) is 0 Å². The number of ether oxygens (including phenoxy) is 1. The van der Waals surface area contributed by atoms with Crippen molar-refractivity contribution in [2.24, 2.45) is 11.3 Å². The van der Waals surface area contributed by atoms with Crippen LogP contribution in [0.15, 0.2) is 0 Å². The molecule has 1 unspecified atom stereocenters. The van der Waals surface area contributed by atoms with Gasteiger partial charge in [-0.1, -0.05) is 20.8 Å². The van der Waals surface area contributed by atoms with Crippen molar-refractivity contribution in [3.05, 3.63) is 0 Å². The van der Waals surface area contributed by atoms with Gasteiger partial charge in [0.25, 0.3) is 0 Å². The number of hydrogen-bond acceptors (Lipinski definition) is 3. The van der Waals surface area contributed by atoms with Gasteiger partial charge in [-0.2, -0.15) is 0 Å². The van der Waals surface area contributed by atoms with Crippen molar-refractivity contribution in [2.45, 2.75) is 52.1 Å². The van der Waals surface area contributed by atoms with Crippen LogP contribution in [0.1, 0.15) is 46.5 Å². The molecule has 0 amide bonds. The molecule has 17 heavy (non-hydrogen) atoms. The molecule has 1 fully saturated rings. The summed E-state index contributed by atoms with van der Waals surface area (Å²) in [6.45, 7) is 9.15. The summed E-state index contributed by atoms with van der Waals surface area (Å²) >= 11 is 0. The van der Waals surface area contributed by atoms with Crippen molar-refractivity contribution in [2.75, 3.05) is 26.8 Å². The van der Waals surface area contributed by atoms with Crippen molar-refractivity contribution < 1.29 is 9.84 Å². The summed E-state index contributed by atoms with van der Waals surface area (Å²) < 4.78 is 5.10. The summed E-state index contributed by atoms with van der Waals surface area (Å²) in [5.41, 5.74) is -0.0715. The predicted molar refractivity (Wildman–Crippen MR) is 71.1 cm³/mol. The molecule has 1 saturated carbocycles. The Balaban J connectivity index is 2.22. The van der Waals surface area contributed by atoms with Crippen LogP contribution in [-0.2, 0) is 4.74 Å². The Morgan fingerprint density at radius 3 is 2.35 bits per heavy atom. The van der Waals surface area contributed by atoms with Gasteiger partial charge in [0, 0.05) is 26.8 Å². The lowest BCUT2D eigenvalue weighted by Crippen LogP contribution is -2.46. The Morgan fingerprint density at radius 2 is 1.82 bits per heavy atom. The van der Waals surface area contributed by atoms with Crippen LogP contribution in [0.3, 0.4) is 0 Å². The maximum absolute atomic E-state index is 10.5. The molecule has 0 aromatic rings. The first-order valence-electron chi connectivity index (χ1n) is 6.79. The first kappa shape index (κ1) is 14.9. The molecule has 1 atom stereocenters. The Hall–Kier alpha value is -0.120. The highest BCUT2D eigenvalue weighted by atomic mass is 16.5. The van der Waals surface area contributed by atoms with Crippen LogP contribution < -0.4 is 5.32 Å². The van der Waals surface area contributed by atoms with Crippen molar-refractivity contribution in [1.82, 2.24) is 5.32 Å². The van der Waals surface area contributed by atoms with E-state index in [9.17, 15) is 5.11 Å². The van der Waals surface area contributed by atoms with Crippen LogP contribution in [0.4, 0.5) is 0 Å². The van der Waals surface area contributed by atoms with Gasteiger partial charge in [0.1, 0.15) is 0 Å². The average Bonchev–Trinajstić information content (AvgIpc) is 2.24. The smallest absolute Gasteiger partial charge is 0.0772 e. The van der Waals surface area contributed by atoms with Gasteiger partial charge in [-0.15, -0.1) is 0 Å². The number of rotatable bonds is 6.